The summed E-state index contributed by atoms with van der Waals surface area (Å²) in [5.74, 6) is -0.0587. The van der Waals surface area contributed by atoms with Gasteiger partial charge in [0.25, 0.3) is 0 Å². The van der Waals surface area contributed by atoms with E-state index in [1.165, 1.54) is 0 Å². The van der Waals surface area contributed by atoms with Crippen molar-refractivity contribution in [1.29, 1.82) is 0 Å². The van der Waals surface area contributed by atoms with Crippen LogP contribution in [0.3, 0.4) is 0 Å². The van der Waals surface area contributed by atoms with Gasteiger partial charge in [0.1, 0.15) is 0 Å². The highest BCUT2D eigenvalue weighted by molar-refractivity contribution is 7.80. The molecule has 0 aromatic rings. The molecule has 60 valence electrons. The first kappa shape index (κ1) is 9.78. The molecule has 1 unspecified atom stereocenters. The maximum atomic E-state index is 10.7. The van der Waals surface area contributed by atoms with Crippen LogP contribution in [0.4, 0.5) is 0 Å². The standard InChI is InChI=1S/C6H13NO2S/c1-5(10)7-6(9)3-2-4-8/h5,8,10H,2-4H2,1H3,(H,7,9). The first-order chi connectivity index (χ1) is 4.66. The number of aliphatic hydroxyl groups is 1. The zero-order chi connectivity index (χ0) is 7.98. The number of carbonyl (C=O) groups is 1. The van der Waals surface area contributed by atoms with E-state index in [4.69, 9.17) is 5.11 Å². The van der Waals surface area contributed by atoms with Crippen molar-refractivity contribution in [2.24, 2.45) is 0 Å². The Kier molecular flexibility index (Phi) is 5.43. The number of hydrogen-bond donors (Lipinski definition) is 3. The third-order valence-electron chi connectivity index (χ3n) is 0.932. The third kappa shape index (κ3) is 5.91. The molecule has 0 spiro atoms. The quantitative estimate of drug-likeness (QED) is 0.408. The lowest BCUT2D eigenvalue weighted by atomic mass is 10.3. The van der Waals surface area contributed by atoms with Gasteiger partial charge in [-0.15, -0.1) is 0 Å². The largest absolute Gasteiger partial charge is 0.396 e. The fourth-order valence-corrected chi connectivity index (χ4v) is 0.689. The van der Waals surface area contributed by atoms with Crippen molar-refractivity contribution in [3.63, 3.8) is 0 Å². The SMILES string of the molecule is CC(S)NC(=O)CCCO. The van der Waals surface area contributed by atoms with Crippen LogP contribution in [-0.2, 0) is 4.79 Å². The predicted octanol–water partition coefficient (Wildman–Crippen LogP) is 0.151. The van der Waals surface area contributed by atoms with Crippen LogP contribution in [0.5, 0.6) is 0 Å². The lowest BCUT2D eigenvalue weighted by Crippen LogP contribution is -2.28. The molecule has 3 nitrogen and oxygen atoms in total. The minimum absolute atomic E-state index is 0.0587. The van der Waals surface area contributed by atoms with Gasteiger partial charge in [0.05, 0.1) is 5.37 Å². The van der Waals surface area contributed by atoms with Crippen molar-refractivity contribution < 1.29 is 9.90 Å². The van der Waals surface area contributed by atoms with Crippen molar-refractivity contribution >= 4 is 18.5 Å². The van der Waals surface area contributed by atoms with E-state index < -0.39 is 0 Å². The van der Waals surface area contributed by atoms with Crippen LogP contribution in [0.1, 0.15) is 19.8 Å². The molecule has 1 amide bonds. The van der Waals surface area contributed by atoms with Gasteiger partial charge in [-0.3, -0.25) is 4.79 Å². The maximum Gasteiger partial charge on any atom is 0.220 e. The van der Waals surface area contributed by atoms with Crippen molar-refractivity contribution in [2.75, 3.05) is 6.61 Å². The summed E-state index contributed by atoms with van der Waals surface area (Å²) in [5, 5.41) is 10.8. The number of amides is 1. The van der Waals surface area contributed by atoms with Crippen LogP contribution < -0.4 is 5.32 Å². The van der Waals surface area contributed by atoms with E-state index in [9.17, 15) is 4.79 Å². The van der Waals surface area contributed by atoms with Crippen LogP contribution in [-0.4, -0.2) is 23.0 Å². The van der Waals surface area contributed by atoms with Gasteiger partial charge in [-0.25, -0.2) is 0 Å². The highest BCUT2D eigenvalue weighted by atomic mass is 32.1. The minimum Gasteiger partial charge on any atom is -0.396 e. The zero-order valence-corrected chi connectivity index (χ0v) is 6.90. The number of carbonyl (C=O) groups excluding carboxylic acids is 1. The fourth-order valence-electron chi connectivity index (χ4n) is 0.545. The molecule has 0 rings (SSSR count). The van der Waals surface area contributed by atoms with Gasteiger partial charge in [-0.05, 0) is 13.3 Å². The highest BCUT2D eigenvalue weighted by Crippen LogP contribution is 1.90. The van der Waals surface area contributed by atoms with Gasteiger partial charge in [0.2, 0.25) is 5.91 Å². The number of aliphatic hydroxyl groups excluding tert-OH is 1. The van der Waals surface area contributed by atoms with Gasteiger partial charge in [-0.1, -0.05) is 0 Å². The van der Waals surface area contributed by atoms with Crippen LogP contribution in [0.2, 0.25) is 0 Å². The Morgan fingerprint density at radius 1 is 1.80 bits per heavy atom. The summed E-state index contributed by atoms with van der Waals surface area (Å²) in [6, 6.07) is 0. The number of nitrogens with one attached hydrogen (secondary N) is 1. The summed E-state index contributed by atoms with van der Waals surface area (Å²) < 4.78 is 0. The molecule has 10 heavy (non-hydrogen) atoms. The molecule has 0 radical (unpaired) electrons. The van der Waals surface area contributed by atoms with Gasteiger partial charge < -0.3 is 10.4 Å². The highest BCUT2D eigenvalue weighted by Gasteiger charge is 2.01. The average molecular weight is 163 g/mol. The summed E-state index contributed by atoms with van der Waals surface area (Å²) in [6.45, 7) is 1.84. The topological polar surface area (TPSA) is 49.3 Å². The van der Waals surface area contributed by atoms with Gasteiger partial charge in [0, 0.05) is 13.0 Å². The third-order valence-corrected chi connectivity index (χ3v) is 1.06. The maximum absolute atomic E-state index is 10.7. The summed E-state index contributed by atoms with van der Waals surface area (Å²) >= 11 is 3.97. The molecule has 0 saturated heterocycles. The molecule has 0 aromatic carbocycles. The normalized spacial score (nSPS) is 12.7. The number of thiol groups is 1. The molecule has 0 aliphatic carbocycles. The Labute approximate surface area is 66.2 Å². The molecule has 0 bridgehead atoms. The second-order valence-electron chi connectivity index (χ2n) is 2.07. The predicted molar refractivity (Wildman–Crippen MR) is 42.9 cm³/mol. The Morgan fingerprint density at radius 3 is 2.80 bits per heavy atom. The van der Waals surface area contributed by atoms with Crippen LogP contribution >= 0.6 is 12.6 Å². The molecule has 0 saturated carbocycles. The van der Waals surface area contributed by atoms with Gasteiger partial charge in [-0.2, -0.15) is 12.6 Å². The van der Waals surface area contributed by atoms with E-state index in [1.807, 2.05) is 0 Å². The minimum atomic E-state index is -0.105. The average Bonchev–Trinajstić information content (AvgIpc) is 1.82. The molecule has 1 atom stereocenters. The smallest absolute Gasteiger partial charge is 0.220 e. The van der Waals surface area contributed by atoms with E-state index in [2.05, 4.69) is 17.9 Å². The summed E-state index contributed by atoms with van der Waals surface area (Å²) in [7, 11) is 0. The molecule has 0 aliphatic heterocycles. The van der Waals surface area contributed by atoms with Crippen molar-refractivity contribution in [1.82, 2.24) is 5.32 Å². The van der Waals surface area contributed by atoms with Crippen LogP contribution in [0.15, 0.2) is 0 Å². The van der Waals surface area contributed by atoms with Crippen LogP contribution in [0, 0.1) is 0 Å². The van der Waals surface area contributed by atoms with E-state index in [0.29, 0.717) is 12.8 Å². The Balaban J connectivity index is 3.26. The summed E-state index contributed by atoms with van der Waals surface area (Å²) in [5.41, 5.74) is 0. The van der Waals surface area contributed by atoms with Crippen molar-refractivity contribution in [3.05, 3.63) is 0 Å². The first-order valence-corrected chi connectivity index (χ1v) is 3.76. The molecular weight excluding hydrogens is 150 g/mol. The van der Waals surface area contributed by atoms with E-state index >= 15 is 0 Å². The molecule has 0 heterocycles. The fraction of sp³-hybridized carbons (Fsp3) is 0.833. The Morgan fingerprint density at radius 2 is 2.40 bits per heavy atom. The summed E-state index contributed by atoms with van der Waals surface area (Å²) in [4.78, 5) is 10.7. The Bertz CT molecular complexity index is 106. The molecule has 2 N–H and O–H groups in total. The molecule has 0 aliphatic rings. The van der Waals surface area contributed by atoms with E-state index in [0.717, 1.165) is 0 Å². The lowest BCUT2D eigenvalue weighted by molar-refractivity contribution is -0.121. The lowest BCUT2D eigenvalue weighted by Gasteiger charge is -2.05. The second kappa shape index (κ2) is 5.56. The number of hydrogen-bond acceptors (Lipinski definition) is 3. The first-order valence-electron chi connectivity index (χ1n) is 3.25. The Hall–Kier alpha value is -0.220. The summed E-state index contributed by atoms with van der Waals surface area (Å²) in [6.07, 6.45) is 0.897. The van der Waals surface area contributed by atoms with Crippen molar-refractivity contribution in [2.45, 2.75) is 25.1 Å². The molecule has 0 fully saturated rings. The van der Waals surface area contributed by atoms with E-state index in [1.54, 1.807) is 6.92 Å². The molecular formula is C6H13NO2S. The van der Waals surface area contributed by atoms with Gasteiger partial charge >= 0.3 is 0 Å². The van der Waals surface area contributed by atoms with E-state index in [-0.39, 0.29) is 17.9 Å². The second-order valence-corrected chi connectivity index (χ2v) is 2.85. The van der Waals surface area contributed by atoms with Crippen LogP contribution in [0.25, 0.3) is 0 Å². The molecule has 4 heteroatoms. The van der Waals surface area contributed by atoms with Gasteiger partial charge in [0.15, 0.2) is 0 Å². The number of rotatable bonds is 4. The van der Waals surface area contributed by atoms with Crippen molar-refractivity contribution in [3.8, 4) is 0 Å². The monoisotopic (exact) mass is 163 g/mol. The zero-order valence-electron chi connectivity index (χ0n) is 6.00. The molecule has 0 aromatic heterocycles.